The summed E-state index contributed by atoms with van der Waals surface area (Å²) in [7, 11) is 3.15. The molecule has 3 rings (SSSR count). The number of carbonyl (C=O) groups is 1. The fraction of sp³-hybridized carbons (Fsp3) is 0.200. The zero-order valence-corrected chi connectivity index (χ0v) is 19.2. The van der Waals surface area contributed by atoms with Crippen LogP contribution in [0.2, 0.25) is 5.02 Å². The maximum Gasteiger partial charge on any atom is 0.261 e. The standard InChI is InChI=1S/C25H25ClN2O5/c1-30-22-6-4-3-5-20(22)15-27-25(29)17-33-28-14-19-9-12-23(24(13-19)31-2)32-16-18-7-10-21(26)11-8-18/h3-14H,15-17H2,1-2H3,(H,27,29)/b28-14+. The molecule has 0 aliphatic rings. The average molecular weight is 469 g/mol. The SMILES string of the molecule is COc1ccccc1CNC(=O)CO/N=C/c1ccc(OCc2ccc(Cl)cc2)c(OC)c1. The van der Waals surface area contributed by atoms with Crippen molar-refractivity contribution in [2.24, 2.45) is 5.16 Å². The third kappa shape index (κ3) is 7.43. The van der Waals surface area contributed by atoms with E-state index in [0.717, 1.165) is 16.7 Å². The molecule has 0 aromatic heterocycles. The van der Waals surface area contributed by atoms with Crippen molar-refractivity contribution in [1.82, 2.24) is 5.32 Å². The van der Waals surface area contributed by atoms with Gasteiger partial charge in [0.2, 0.25) is 0 Å². The lowest BCUT2D eigenvalue weighted by Gasteiger charge is -2.11. The summed E-state index contributed by atoms with van der Waals surface area (Å²) >= 11 is 5.91. The topological polar surface area (TPSA) is 78.4 Å². The van der Waals surface area contributed by atoms with Crippen LogP contribution in [-0.2, 0) is 22.8 Å². The summed E-state index contributed by atoms with van der Waals surface area (Å²) in [6, 6.07) is 20.3. The maximum atomic E-state index is 12.0. The van der Waals surface area contributed by atoms with E-state index in [0.29, 0.717) is 35.4 Å². The molecule has 1 amide bonds. The molecule has 0 atom stereocenters. The minimum Gasteiger partial charge on any atom is -0.496 e. The number of para-hydroxylation sites is 1. The van der Waals surface area contributed by atoms with Gasteiger partial charge in [-0.15, -0.1) is 0 Å². The summed E-state index contributed by atoms with van der Waals surface area (Å²) in [6.07, 6.45) is 1.50. The highest BCUT2D eigenvalue weighted by Crippen LogP contribution is 2.28. The first-order chi connectivity index (χ1) is 16.1. The maximum absolute atomic E-state index is 12.0. The molecule has 0 aliphatic carbocycles. The summed E-state index contributed by atoms with van der Waals surface area (Å²) in [6.45, 7) is 0.518. The third-order valence-electron chi connectivity index (χ3n) is 4.64. The zero-order valence-electron chi connectivity index (χ0n) is 18.4. The molecule has 7 nitrogen and oxygen atoms in total. The third-order valence-corrected chi connectivity index (χ3v) is 4.89. The van der Waals surface area contributed by atoms with Crippen LogP contribution in [0.25, 0.3) is 0 Å². The molecule has 3 aromatic carbocycles. The minimum absolute atomic E-state index is 0.203. The first-order valence-electron chi connectivity index (χ1n) is 10.2. The van der Waals surface area contributed by atoms with Crippen LogP contribution in [-0.4, -0.2) is 32.9 Å². The van der Waals surface area contributed by atoms with Crippen molar-refractivity contribution in [2.75, 3.05) is 20.8 Å². The Bertz CT molecular complexity index is 1090. The molecule has 172 valence electrons. The van der Waals surface area contributed by atoms with Gasteiger partial charge in [-0.1, -0.05) is 47.1 Å². The lowest BCUT2D eigenvalue weighted by atomic mass is 10.2. The predicted octanol–water partition coefficient (Wildman–Crippen LogP) is 4.60. The summed E-state index contributed by atoms with van der Waals surface area (Å²) in [4.78, 5) is 17.1. The van der Waals surface area contributed by atoms with Crippen LogP contribution in [0.3, 0.4) is 0 Å². The van der Waals surface area contributed by atoms with Crippen molar-refractivity contribution in [3.63, 3.8) is 0 Å². The van der Waals surface area contributed by atoms with Gasteiger partial charge < -0.3 is 24.4 Å². The van der Waals surface area contributed by atoms with Gasteiger partial charge in [-0.2, -0.15) is 0 Å². The van der Waals surface area contributed by atoms with Gasteiger partial charge in [0.25, 0.3) is 5.91 Å². The number of rotatable bonds is 11. The normalized spacial score (nSPS) is 10.6. The second kappa shape index (κ2) is 12.4. The molecule has 0 heterocycles. The van der Waals surface area contributed by atoms with Crippen molar-refractivity contribution in [3.8, 4) is 17.2 Å². The van der Waals surface area contributed by atoms with E-state index >= 15 is 0 Å². The predicted molar refractivity (Wildman–Crippen MR) is 127 cm³/mol. The lowest BCUT2D eigenvalue weighted by Crippen LogP contribution is -2.26. The molecule has 3 aromatic rings. The molecular weight excluding hydrogens is 444 g/mol. The Morgan fingerprint density at radius 1 is 0.970 bits per heavy atom. The molecule has 0 saturated heterocycles. The van der Waals surface area contributed by atoms with E-state index in [1.54, 1.807) is 26.4 Å². The molecule has 0 bridgehead atoms. The number of amides is 1. The molecule has 1 N–H and O–H groups in total. The van der Waals surface area contributed by atoms with E-state index in [9.17, 15) is 4.79 Å². The Morgan fingerprint density at radius 3 is 2.48 bits per heavy atom. The summed E-state index contributed by atoms with van der Waals surface area (Å²) < 4.78 is 16.5. The van der Waals surface area contributed by atoms with Crippen LogP contribution in [0.4, 0.5) is 0 Å². The lowest BCUT2D eigenvalue weighted by molar-refractivity contribution is -0.125. The van der Waals surface area contributed by atoms with Gasteiger partial charge in [0, 0.05) is 22.7 Å². The van der Waals surface area contributed by atoms with Crippen molar-refractivity contribution in [1.29, 1.82) is 0 Å². The van der Waals surface area contributed by atoms with E-state index < -0.39 is 0 Å². The number of carbonyl (C=O) groups excluding carboxylic acids is 1. The van der Waals surface area contributed by atoms with E-state index in [1.165, 1.54) is 6.21 Å². The fourth-order valence-corrected chi connectivity index (χ4v) is 3.04. The number of benzene rings is 3. The molecule has 0 fully saturated rings. The molecule has 0 unspecified atom stereocenters. The van der Waals surface area contributed by atoms with E-state index in [2.05, 4.69) is 10.5 Å². The van der Waals surface area contributed by atoms with E-state index in [1.807, 2.05) is 54.6 Å². The Labute approximate surface area is 197 Å². The second-order valence-corrected chi connectivity index (χ2v) is 7.36. The summed E-state index contributed by atoms with van der Waals surface area (Å²) in [5.41, 5.74) is 2.60. The van der Waals surface area contributed by atoms with Gasteiger partial charge in [-0.3, -0.25) is 4.79 Å². The molecule has 0 spiro atoms. The first-order valence-corrected chi connectivity index (χ1v) is 10.6. The summed E-state index contributed by atoms with van der Waals surface area (Å²) in [5.74, 6) is 1.58. The van der Waals surface area contributed by atoms with Crippen LogP contribution in [0.1, 0.15) is 16.7 Å². The van der Waals surface area contributed by atoms with Crippen LogP contribution in [0, 0.1) is 0 Å². The number of nitrogens with one attached hydrogen (secondary N) is 1. The minimum atomic E-state index is -0.290. The van der Waals surface area contributed by atoms with Gasteiger partial charge in [0.15, 0.2) is 18.1 Å². The van der Waals surface area contributed by atoms with E-state index in [4.69, 9.17) is 30.6 Å². The molecular formula is C25H25ClN2O5. The Kier molecular flexibility index (Phi) is 8.97. The first kappa shape index (κ1) is 23.9. The Hall–Kier alpha value is -3.71. The number of hydrogen-bond acceptors (Lipinski definition) is 6. The molecule has 33 heavy (non-hydrogen) atoms. The van der Waals surface area contributed by atoms with Crippen molar-refractivity contribution in [3.05, 3.63) is 88.4 Å². The monoisotopic (exact) mass is 468 g/mol. The van der Waals surface area contributed by atoms with Crippen LogP contribution >= 0.6 is 11.6 Å². The summed E-state index contributed by atoms with van der Waals surface area (Å²) in [5, 5.41) is 7.30. The number of halogens is 1. The van der Waals surface area contributed by atoms with Gasteiger partial charge in [0.05, 0.1) is 20.4 Å². The number of ether oxygens (including phenoxy) is 3. The number of hydrogen-bond donors (Lipinski definition) is 1. The Balaban J connectivity index is 1.47. The largest absolute Gasteiger partial charge is 0.496 e. The zero-order chi connectivity index (χ0) is 23.5. The van der Waals surface area contributed by atoms with E-state index in [-0.39, 0.29) is 12.5 Å². The molecule has 8 heteroatoms. The smallest absolute Gasteiger partial charge is 0.261 e. The van der Waals surface area contributed by atoms with Crippen LogP contribution < -0.4 is 19.5 Å². The van der Waals surface area contributed by atoms with Gasteiger partial charge in [-0.25, -0.2) is 0 Å². The van der Waals surface area contributed by atoms with Gasteiger partial charge in [-0.05, 0) is 42.0 Å². The van der Waals surface area contributed by atoms with Crippen LogP contribution in [0.5, 0.6) is 17.2 Å². The number of nitrogens with zero attached hydrogens (tertiary/aromatic N) is 1. The molecule has 0 radical (unpaired) electrons. The van der Waals surface area contributed by atoms with Crippen molar-refractivity contribution in [2.45, 2.75) is 13.2 Å². The van der Waals surface area contributed by atoms with Crippen LogP contribution in [0.15, 0.2) is 71.9 Å². The quantitative estimate of drug-likeness (QED) is 0.328. The van der Waals surface area contributed by atoms with Gasteiger partial charge >= 0.3 is 0 Å². The Morgan fingerprint density at radius 2 is 1.73 bits per heavy atom. The highest BCUT2D eigenvalue weighted by molar-refractivity contribution is 6.30. The van der Waals surface area contributed by atoms with Gasteiger partial charge in [0.1, 0.15) is 12.4 Å². The van der Waals surface area contributed by atoms with Crippen molar-refractivity contribution >= 4 is 23.7 Å². The highest BCUT2D eigenvalue weighted by atomic mass is 35.5. The number of methoxy groups -OCH3 is 2. The average Bonchev–Trinajstić information content (AvgIpc) is 2.85. The second-order valence-electron chi connectivity index (χ2n) is 6.92. The fourth-order valence-electron chi connectivity index (χ4n) is 2.91. The molecule has 0 saturated carbocycles. The molecule has 0 aliphatic heterocycles. The highest BCUT2D eigenvalue weighted by Gasteiger charge is 2.07. The van der Waals surface area contributed by atoms with Crippen molar-refractivity contribution < 1.29 is 23.8 Å². The number of oxime groups is 1.